The van der Waals surface area contributed by atoms with Gasteiger partial charge in [-0.05, 0) is 45.5 Å². The van der Waals surface area contributed by atoms with Crippen molar-refractivity contribution in [2.24, 2.45) is 0 Å². The van der Waals surface area contributed by atoms with Gasteiger partial charge in [-0.3, -0.25) is 0 Å². The highest BCUT2D eigenvalue weighted by molar-refractivity contribution is 5.83. The lowest BCUT2D eigenvalue weighted by Crippen LogP contribution is -2.01. The fourth-order valence-electron chi connectivity index (χ4n) is 7.36. The zero-order valence-corrected chi connectivity index (χ0v) is 32.5. The van der Waals surface area contributed by atoms with Crippen molar-refractivity contribution in [2.45, 2.75) is 0 Å². The van der Waals surface area contributed by atoms with Gasteiger partial charge in [-0.25, -0.2) is 29.9 Å². The molecule has 6 heteroatoms. The van der Waals surface area contributed by atoms with E-state index in [1.807, 2.05) is 115 Å². The largest absolute Gasteiger partial charge is 0.208 e. The maximum atomic E-state index is 5.18. The van der Waals surface area contributed by atoms with Crippen LogP contribution >= 0.6 is 0 Å². The Morgan fingerprint density at radius 1 is 0.167 bits per heavy atom. The van der Waals surface area contributed by atoms with Gasteiger partial charge >= 0.3 is 0 Å². The van der Waals surface area contributed by atoms with Gasteiger partial charge in [0, 0.05) is 33.4 Å². The normalized spacial score (nSPS) is 11.0. The van der Waals surface area contributed by atoms with Crippen molar-refractivity contribution in [3.63, 3.8) is 0 Å². The number of nitrogens with zero attached hydrogens (tertiary/aromatic N) is 6. The van der Waals surface area contributed by atoms with Gasteiger partial charge in [0.1, 0.15) is 0 Å². The summed E-state index contributed by atoms with van der Waals surface area (Å²) >= 11 is 0. The van der Waals surface area contributed by atoms with E-state index in [0.717, 1.165) is 55.6 Å². The van der Waals surface area contributed by atoms with E-state index in [1.54, 1.807) is 0 Å². The summed E-state index contributed by atoms with van der Waals surface area (Å²) in [5.41, 5.74) is 12.0. The SMILES string of the molecule is c1ccc(-c2ccc(-c3ccccc3-c3nc(-c4ccccc4)nc(-c4cccc(-c5cccc(-c6nc(-c7ccccc7)nc(-c7ccccc7)n6)c5)c4)n3)cc2)cc1. The molecule has 0 spiro atoms. The second kappa shape index (κ2) is 16.3. The van der Waals surface area contributed by atoms with Gasteiger partial charge in [0.15, 0.2) is 34.9 Å². The second-order valence-electron chi connectivity index (χ2n) is 14.4. The van der Waals surface area contributed by atoms with Crippen LogP contribution in [-0.4, -0.2) is 29.9 Å². The summed E-state index contributed by atoms with van der Waals surface area (Å²) in [6, 6.07) is 74.2. The minimum Gasteiger partial charge on any atom is -0.208 e. The minimum absolute atomic E-state index is 0.587. The molecule has 0 unspecified atom stereocenters. The van der Waals surface area contributed by atoms with Gasteiger partial charge in [0.25, 0.3) is 0 Å². The zero-order valence-electron chi connectivity index (χ0n) is 32.5. The highest BCUT2D eigenvalue weighted by Crippen LogP contribution is 2.35. The fourth-order valence-corrected chi connectivity index (χ4v) is 7.36. The van der Waals surface area contributed by atoms with E-state index in [0.29, 0.717) is 34.9 Å². The molecule has 8 aromatic carbocycles. The molecular weight excluding hydrogens is 733 g/mol. The molecule has 10 aromatic rings. The van der Waals surface area contributed by atoms with Gasteiger partial charge in [0.05, 0.1) is 0 Å². The first-order chi connectivity index (χ1) is 29.7. The van der Waals surface area contributed by atoms with Crippen LogP contribution in [0.5, 0.6) is 0 Å². The molecule has 60 heavy (non-hydrogen) atoms. The Kier molecular flexibility index (Phi) is 9.84. The average molecular weight is 769 g/mol. The Labute approximate surface area is 348 Å². The van der Waals surface area contributed by atoms with Crippen molar-refractivity contribution in [3.8, 4) is 102 Å². The lowest BCUT2D eigenvalue weighted by atomic mass is 9.96. The smallest absolute Gasteiger partial charge is 0.164 e. The number of benzene rings is 8. The van der Waals surface area contributed by atoms with Crippen molar-refractivity contribution in [1.82, 2.24) is 29.9 Å². The molecule has 10 rings (SSSR count). The highest BCUT2D eigenvalue weighted by atomic mass is 15.0. The molecule has 0 aliphatic rings. The van der Waals surface area contributed by atoms with Crippen molar-refractivity contribution in [3.05, 3.63) is 218 Å². The first-order valence-corrected chi connectivity index (χ1v) is 19.9. The highest BCUT2D eigenvalue weighted by Gasteiger charge is 2.17. The third-order valence-electron chi connectivity index (χ3n) is 10.4. The van der Waals surface area contributed by atoms with Crippen LogP contribution in [0.25, 0.3) is 102 Å². The van der Waals surface area contributed by atoms with E-state index in [2.05, 4.69) is 103 Å². The average Bonchev–Trinajstić information content (AvgIpc) is 3.35. The van der Waals surface area contributed by atoms with Crippen molar-refractivity contribution in [2.75, 3.05) is 0 Å². The topological polar surface area (TPSA) is 77.3 Å². The Hall–Kier alpha value is -8.22. The van der Waals surface area contributed by atoms with Crippen LogP contribution in [0.2, 0.25) is 0 Å². The number of aromatic nitrogens is 6. The Morgan fingerprint density at radius 2 is 0.450 bits per heavy atom. The summed E-state index contributed by atoms with van der Waals surface area (Å²) in [5.74, 6) is 3.64. The van der Waals surface area contributed by atoms with Gasteiger partial charge in [-0.1, -0.05) is 206 Å². The Morgan fingerprint density at radius 3 is 0.883 bits per heavy atom. The van der Waals surface area contributed by atoms with Crippen LogP contribution < -0.4 is 0 Å². The predicted molar refractivity (Wildman–Crippen MR) is 242 cm³/mol. The van der Waals surface area contributed by atoms with Gasteiger partial charge in [-0.2, -0.15) is 0 Å². The molecule has 6 nitrogen and oxygen atoms in total. The van der Waals surface area contributed by atoms with Crippen LogP contribution in [0.15, 0.2) is 218 Å². The summed E-state index contributed by atoms with van der Waals surface area (Å²) in [6.07, 6.45) is 0. The molecular formula is C54H36N6. The molecule has 0 aliphatic carbocycles. The third kappa shape index (κ3) is 7.61. The quantitative estimate of drug-likeness (QED) is 0.145. The summed E-state index contributed by atoms with van der Waals surface area (Å²) in [6.45, 7) is 0. The van der Waals surface area contributed by atoms with Crippen LogP contribution in [0.3, 0.4) is 0 Å². The fraction of sp³-hybridized carbons (Fsp3) is 0. The predicted octanol–water partition coefficient (Wildman–Crippen LogP) is 13.1. The molecule has 0 saturated carbocycles. The molecule has 0 amide bonds. The van der Waals surface area contributed by atoms with Crippen molar-refractivity contribution in [1.29, 1.82) is 0 Å². The lowest BCUT2D eigenvalue weighted by molar-refractivity contribution is 1.07. The van der Waals surface area contributed by atoms with Crippen LogP contribution in [0.4, 0.5) is 0 Å². The second-order valence-corrected chi connectivity index (χ2v) is 14.4. The van der Waals surface area contributed by atoms with Gasteiger partial charge < -0.3 is 0 Å². The van der Waals surface area contributed by atoms with E-state index < -0.39 is 0 Å². The van der Waals surface area contributed by atoms with Gasteiger partial charge in [-0.15, -0.1) is 0 Å². The van der Waals surface area contributed by atoms with Gasteiger partial charge in [0.2, 0.25) is 0 Å². The standard InChI is InChI=1S/C54H36N6/c1-5-17-37(18-6-1)38-31-33-39(34-32-38)47-29-13-14-30-48(47)54-59-51(42-23-11-4-12-24-42)58-53(60-54)46-28-16-26-44(36-46)43-25-15-27-45(35-43)52-56-49(40-19-7-2-8-20-40)55-50(57-52)41-21-9-3-10-22-41/h1-36H. The van der Waals surface area contributed by atoms with Crippen LogP contribution in [0, 0.1) is 0 Å². The molecule has 282 valence electrons. The molecule has 2 heterocycles. The van der Waals surface area contributed by atoms with E-state index in [9.17, 15) is 0 Å². The zero-order chi connectivity index (χ0) is 40.1. The molecule has 0 aliphatic heterocycles. The number of rotatable bonds is 9. The first-order valence-electron chi connectivity index (χ1n) is 19.9. The Bertz CT molecular complexity index is 3010. The minimum atomic E-state index is 0.587. The van der Waals surface area contributed by atoms with E-state index >= 15 is 0 Å². The monoisotopic (exact) mass is 768 g/mol. The van der Waals surface area contributed by atoms with E-state index in [1.165, 1.54) is 11.1 Å². The van der Waals surface area contributed by atoms with Crippen molar-refractivity contribution < 1.29 is 0 Å². The molecule has 2 aromatic heterocycles. The van der Waals surface area contributed by atoms with Crippen LogP contribution in [0.1, 0.15) is 0 Å². The van der Waals surface area contributed by atoms with E-state index in [4.69, 9.17) is 29.9 Å². The summed E-state index contributed by atoms with van der Waals surface area (Å²) in [5, 5.41) is 0. The molecule has 0 bridgehead atoms. The van der Waals surface area contributed by atoms with Crippen molar-refractivity contribution >= 4 is 0 Å². The summed E-state index contributed by atoms with van der Waals surface area (Å²) in [7, 11) is 0. The third-order valence-corrected chi connectivity index (χ3v) is 10.4. The lowest BCUT2D eigenvalue weighted by Gasteiger charge is -2.13. The molecule has 0 atom stereocenters. The molecule has 0 fully saturated rings. The number of hydrogen-bond acceptors (Lipinski definition) is 6. The molecule has 0 N–H and O–H groups in total. The summed E-state index contributed by atoms with van der Waals surface area (Å²) in [4.78, 5) is 30.2. The first kappa shape index (κ1) is 36.1. The van der Waals surface area contributed by atoms with E-state index in [-0.39, 0.29) is 0 Å². The maximum absolute atomic E-state index is 5.18. The maximum Gasteiger partial charge on any atom is 0.164 e. The summed E-state index contributed by atoms with van der Waals surface area (Å²) < 4.78 is 0. The Balaban J connectivity index is 1.04. The number of hydrogen-bond donors (Lipinski definition) is 0. The van der Waals surface area contributed by atoms with Crippen LogP contribution in [-0.2, 0) is 0 Å². The molecule has 0 radical (unpaired) electrons. The molecule has 0 saturated heterocycles.